The monoisotopic (exact) mass is 209 g/mol. The molecule has 1 radical (unpaired) electrons. The Morgan fingerprint density at radius 3 is 2.06 bits per heavy atom. The first-order valence-electron chi connectivity index (χ1n) is 5.33. The fourth-order valence-corrected chi connectivity index (χ4v) is 1.54. The lowest BCUT2D eigenvalue weighted by atomic mass is 10.0. The van der Waals surface area contributed by atoms with Crippen molar-refractivity contribution in [1.29, 1.82) is 0 Å². The Morgan fingerprint density at radius 1 is 0.875 bits per heavy atom. The van der Waals surface area contributed by atoms with Crippen molar-refractivity contribution in [2.75, 3.05) is 0 Å². The molecule has 0 aliphatic carbocycles. The van der Waals surface area contributed by atoms with Crippen LogP contribution in [0.5, 0.6) is 0 Å². The van der Waals surface area contributed by atoms with E-state index < -0.39 is 0 Å². The molecular formula is C15H13O. The highest BCUT2D eigenvalue weighted by molar-refractivity contribution is 6.02. The Kier molecular flexibility index (Phi) is 3.50. The summed E-state index contributed by atoms with van der Waals surface area (Å²) in [6.45, 7) is 0. The van der Waals surface area contributed by atoms with E-state index in [0.29, 0.717) is 6.42 Å². The summed E-state index contributed by atoms with van der Waals surface area (Å²) in [6.07, 6.45) is 2.42. The van der Waals surface area contributed by atoms with Gasteiger partial charge in [0.05, 0.1) is 0 Å². The van der Waals surface area contributed by atoms with E-state index in [1.54, 1.807) is 6.42 Å². The summed E-state index contributed by atoms with van der Waals surface area (Å²) < 4.78 is 0. The minimum absolute atomic E-state index is 0.0875. The second kappa shape index (κ2) is 5.26. The van der Waals surface area contributed by atoms with Crippen LogP contribution in [0.15, 0.2) is 60.7 Å². The fraction of sp³-hybridized carbons (Fsp3) is 0.0667. The predicted octanol–water partition coefficient (Wildman–Crippen LogP) is 3.32. The van der Waals surface area contributed by atoms with Crippen LogP contribution in [-0.4, -0.2) is 5.78 Å². The van der Waals surface area contributed by atoms with Crippen LogP contribution in [0, 0.1) is 6.42 Å². The first kappa shape index (κ1) is 10.6. The zero-order valence-electron chi connectivity index (χ0n) is 8.97. The van der Waals surface area contributed by atoms with E-state index in [9.17, 15) is 4.79 Å². The van der Waals surface area contributed by atoms with Gasteiger partial charge in [0.25, 0.3) is 0 Å². The van der Waals surface area contributed by atoms with Crippen LogP contribution in [0.2, 0.25) is 0 Å². The molecule has 0 amide bonds. The molecule has 0 saturated heterocycles. The molecule has 1 heteroatoms. The van der Waals surface area contributed by atoms with Gasteiger partial charge in [-0.3, -0.25) is 4.79 Å². The summed E-state index contributed by atoms with van der Waals surface area (Å²) in [6, 6.07) is 19.3. The molecule has 2 aromatic rings. The second-order valence-corrected chi connectivity index (χ2v) is 3.62. The Morgan fingerprint density at radius 2 is 1.44 bits per heavy atom. The van der Waals surface area contributed by atoms with Gasteiger partial charge in [0.2, 0.25) is 0 Å². The number of hydrogen-bond donors (Lipinski definition) is 0. The van der Waals surface area contributed by atoms with Crippen molar-refractivity contribution in [3.05, 3.63) is 78.2 Å². The van der Waals surface area contributed by atoms with E-state index in [2.05, 4.69) is 0 Å². The van der Waals surface area contributed by atoms with Crippen molar-refractivity contribution in [2.24, 2.45) is 0 Å². The van der Waals surface area contributed by atoms with E-state index in [-0.39, 0.29) is 5.78 Å². The van der Waals surface area contributed by atoms with Crippen molar-refractivity contribution in [3.63, 3.8) is 0 Å². The molecule has 0 fully saturated rings. The van der Waals surface area contributed by atoms with Crippen molar-refractivity contribution < 1.29 is 4.79 Å². The van der Waals surface area contributed by atoms with E-state index >= 15 is 0 Å². The molecule has 0 atom stereocenters. The van der Waals surface area contributed by atoms with Crippen molar-refractivity contribution in [2.45, 2.75) is 6.42 Å². The quantitative estimate of drug-likeness (QED) is 0.706. The summed E-state index contributed by atoms with van der Waals surface area (Å²) >= 11 is 0. The van der Waals surface area contributed by atoms with E-state index in [1.165, 1.54) is 0 Å². The Balaban J connectivity index is 1.95. The van der Waals surface area contributed by atoms with E-state index in [0.717, 1.165) is 11.1 Å². The number of rotatable bonds is 4. The highest BCUT2D eigenvalue weighted by Gasteiger charge is 2.05. The highest BCUT2D eigenvalue weighted by atomic mass is 16.1. The summed E-state index contributed by atoms with van der Waals surface area (Å²) in [4.78, 5) is 11.8. The molecule has 0 saturated carbocycles. The van der Waals surface area contributed by atoms with Gasteiger partial charge in [-0.25, -0.2) is 0 Å². The Bertz CT molecular complexity index is 445. The standard InChI is InChI=1S/C15H13O/c16-15(14-9-5-2-6-10-14)12-11-13-7-3-1-4-8-13/h1-10,12H,11H2. The van der Waals surface area contributed by atoms with Crippen molar-refractivity contribution in [3.8, 4) is 0 Å². The predicted molar refractivity (Wildman–Crippen MR) is 65.2 cm³/mol. The third-order valence-electron chi connectivity index (χ3n) is 2.42. The number of carbonyl (C=O) groups is 1. The first-order chi connectivity index (χ1) is 7.86. The van der Waals surface area contributed by atoms with E-state index in [1.807, 2.05) is 60.7 Å². The fourth-order valence-electron chi connectivity index (χ4n) is 1.54. The number of benzene rings is 2. The van der Waals surface area contributed by atoms with Gasteiger partial charge in [-0.15, -0.1) is 0 Å². The zero-order chi connectivity index (χ0) is 11.2. The smallest absolute Gasteiger partial charge is 0.167 e. The van der Waals surface area contributed by atoms with Gasteiger partial charge < -0.3 is 0 Å². The summed E-state index contributed by atoms with van der Waals surface area (Å²) in [5, 5.41) is 0. The molecule has 0 aliphatic heterocycles. The number of ketones is 1. The maximum Gasteiger partial charge on any atom is 0.167 e. The van der Waals surface area contributed by atoms with Crippen LogP contribution in [0.3, 0.4) is 0 Å². The Hall–Kier alpha value is -1.89. The average Bonchev–Trinajstić information content (AvgIpc) is 2.38. The van der Waals surface area contributed by atoms with Gasteiger partial charge in [-0.1, -0.05) is 60.7 Å². The molecule has 0 aromatic heterocycles. The molecule has 0 bridgehead atoms. The normalized spacial score (nSPS) is 10.0. The highest BCUT2D eigenvalue weighted by Crippen LogP contribution is 2.07. The maximum absolute atomic E-state index is 11.8. The Labute approximate surface area is 95.7 Å². The largest absolute Gasteiger partial charge is 0.294 e. The SMILES string of the molecule is O=C([CH]Cc1ccccc1)c1ccccc1. The van der Waals surface area contributed by atoms with E-state index in [4.69, 9.17) is 0 Å². The summed E-state index contributed by atoms with van der Waals surface area (Å²) in [5.41, 5.74) is 1.91. The molecule has 0 aliphatic rings. The molecule has 0 unspecified atom stereocenters. The van der Waals surface area contributed by atoms with Gasteiger partial charge in [-0.05, 0) is 12.0 Å². The van der Waals surface area contributed by atoms with Gasteiger partial charge in [-0.2, -0.15) is 0 Å². The molecule has 0 heterocycles. The number of Topliss-reactive ketones (excluding diaryl/α,β-unsaturated/α-hetero) is 1. The van der Waals surface area contributed by atoms with Crippen molar-refractivity contribution in [1.82, 2.24) is 0 Å². The van der Waals surface area contributed by atoms with Gasteiger partial charge >= 0.3 is 0 Å². The van der Waals surface area contributed by atoms with Gasteiger partial charge in [0.15, 0.2) is 5.78 Å². The first-order valence-corrected chi connectivity index (χ1v) is 5.33. The van der Waals surface area contributed by atoms with Crippen LogP contribution >= 0.6 is 0 Å². The second-order valence-electron chi connectivity index (χ2n) is 3.62. The minimum Gasteiger partial charge on any atom is -0.294 e. The molecule has 2 aromatic carbocycles. The molecule has 79 valence electrons. The molecule has 0 spiro atoms. The summed E-state index contributed by atoms with van der Waals surface area (Å²) in [5.74, 6) is 0.0875. The van der Waals surface area contributed by atoms with Crippen LogP contribution in [0.1, 0.15) is 15.9 Å². The van der Waals surface area contributed by atoms with Crippen LogP contribution < -0.4 is 0 Å². The van der Waals surface area contributed by atoms with Crippen LogP contribution in [0.25, 0.3) is 0 Å². The average molecular weight is 209 g/mol. The lowest BCUT2D eigenvalue weighted by molar-refractivity contribution is 0.102. The lowest BCUT2D eigenvalue weighted by Crippen LogP contribution is -2.01. The minimum atomic E-state index is 0.0875. The van der Waals surface area contributed by atoms with Gasteiger partial charge in [0.1, 0.15) is 0 Å². The van der Waals surface area contributed by atoms with Crippen LogP contribution in [-0.2, 0) is 6.42 Å². The molecule has 0 N–H and O–H groups in total. The molecular weight excluding hydrogens is 196 g/mol. The maximum atomic E-state index is 11.8. The summed E-state index contributed by atoms with van der Waals surface area (Å²) in [7, 11) is 0. The number of carbonyl (C=O) groups excluding carboxylic acids is 1. The lowest BCUT2D eigenvalue weighted by Gasteiger charge is -2.00. The zero-order valence-corrected chi connectivity index (χ0v) is 8.97. The third kappa shape index (κ3) is 2.80. The third-order valence-corrected chi connectivity index (χ3v) is 2.42. The molecule has 2 rings (SSSR count). The van der Waals surface area contributed by atoms with Crippen LogP contribution in [0.4, 0.5) is 0 Å². The number of hydrogen-bond acceptors (Lipinski definition) is 1. The topological polar surface area (TPSA) is 17.1 Å². The van der Waals surface area contributed by atoms with Gasteiger partial charge in [0, 0.05) is 12.0 Å². The molecule has 16 heavy (non-hydrogen) atoms. The van der Waals surface area contributed by atoms with Crippen molar-refractivity contribution >= 4 is 5.78 Å². The molecule has 1 nitrogen and oxygen atoms in total.